The van der Waals surface area contributed by atoms with Crippen LogP contribution in [-0.2, 0) is 4.74 Å². The predicted molar refractivity (Wildman–Crippen MR) is 78.3 cm³/mol. The van der Waals surface area contributed by atoms with E-state index in [0.29, 0.717) is 11.7 Å². The summed E-state index contributed by atoms with van der Waals surface area (Å²) in [5.74, 6) is -0.131. The molecule has 116 valence electrons. The molecule has 1 unspecified atom stereocenters. The maximum Gasteiger partial charge on any atom is 0.272 e. The van der Waals surface area contributed by atoms with Gasteiger partial charge < -0.3 is 20.7 Å². The number of carbonyl (C=O) groups excluding carboxylic acids is 1. The fourth-order valence-electron chi connectivity index (χ4n) is 3.01. The van der Waals surface area contributed by atoms with Crippen LogP contribution >= 0.6 is 0 Å². The molecule has 0 spiro atoms. The molecule has 2 fully saturated rings. The Bertz CT molecular complexity index is 483. The first-order valence-corrected chi connectivity index (χ1v) is 7.58. The summed E-state index contributed by atoms with van der Waals surface area (Å²) in [6.07, 6.45) is 4.18. The number of rotatable bonds is 4. The Morgan fingerprint density at radius 2 is 2.33 bits per heavy atom. The van der Waals surface area contributed by atoms with Crippen LogP contribution in [0.25, 0.3) is 0 Å². The van der Waals surface area contributed by atoms with Gasteiger partial charge in [-0.05, 0) is 25.5 Å². The molecule has 21 heavy (non-hydrogen) atoms. The molecule has 7 nitrogen and oxygen atoms in total. The van der Waals surface area contributed by atoms with E-state index in [9.17, 15) is 4.79 Å². The normalized spacial score (nSPS) is 29.5. The van der Waals surface area contributed by atoms with E-state index in [2.05, 4.69) is 21.0 Å². The minimum atomic E-state index is -0.131. The molecular formula is C14H23N5O2. The second kappa shape index (κ2) is 6.55. The summed E-state index contributed by atoms with van der Waals surface area (Å²) >= 11 is 0. The average molecular weight is 293 g/mol. The molecule has 0 aromatic carbocycles. The van der Waals surface area contributed by atoms with Crippen molar-refractivity contribution >= 4 is 5.91 Å². The molecule has 2 saturated heterocycles. The van der Waals surface area contributed by atoms with Gasteiger partial charge >= 0.3 is 0 Å². The highest BCUT2D eigenvalue weighted by Crippen LogP contribution is 2.15. The van der Waals surface area contributed by atoms with E-state index in [1.54, 1.807) is 13.2 Å². The smallest absolute Gasteiger partial charge is 0.272 e. The summed E-state index contributed by atoms with van der Waals surface area (Å²) in [4.78, 5) is 12.3. The molecule has 0 aliphatic carbocycles. The Morgan fingerprint density at radius 1 is 1.43 bits per heavy atom. The first-order chi connectivity index (χ1) is 10.3. The van der Waals surface area contributed by atoms with Gasteiger partial charge in [0.05, 0.1) is 18.2 Å². The van der Waals surface area contributed by atoms with Gasteiger partial charge in [-0.25, -0.2) is 0 Å². The number of nitrogens with one attached hydrogen (secondary N) is 3. The lowest BCUT2D eigenvalue weighted by atomic mass is 10.1. The number of carbonyl (C=O) groups is 1. The summed E-state index contributed by atoms with van der Waals surface area (Å²) in [5.41, 5.74) is 0.474. The molecule has 0 saturated carbocycles. The van der Waals surface area contributed by atoms with Crippen LogP contribution in [-0.4, -0.2) is 61.1 Å². The van der Waals surface area contributed by atoms with Crippen LogP contribution in [0.1, 0.15) is 29.4 Å². The van der Waals surface area contributed by atoms with Crippen molar-refractivity contribution in [3.8, 4) is 0 Å². The topological polar surface area (TPSA) is 80.2 Å². The van der Waals surface area contributed by atoms with Crippen molar-refractivity contribution in [2.75, 3.05) is 33.3 Å². The predicted octanol–water partition coefficient (Wildman–Crippen LogP) is -0.476. The summed E-state index contributed by atoms with van der Waals surface area (Å²) in [7, 11) is 1.67. The van der Waals surface area contributed by atoms with E-state index in [0.717, 1.165) is 39.0 Å². The van der Waals surface area contributed by atoms with Crippen molar-refractivity contribution < 1.29 is 9.53 Å². The third-order valence-corrected chi connectivity index (χ3v) is 4.26. The minimum Gasteiger partial charge on any atom is -0.378 e. The molecule has 3 rings (SSSR count). The van der Waals surface area contributed by atoms with Crippen LogP contribution in [0, 0.1) is 0 Å². The summed E-state index contributed by atoms with van der Waals surface area (Å²) in [6.45, 7) is 3.49. The zero-order chi connectivity index (χ0) is 14.7. The maximum absolute atomic E-state index is 12.3. The highest BCUT2D eigenvalue weighted by Gasteiger charge is 2.29. The van der Waals surface area contributed by atoms with E-state index < -0.39 is 0 Å². The summed E-state index contributed by atoms with van der Waals surface area (Å²) < 4.78 is 7.25. The largest absolute Gasteiger partial charge is 0.378 e. The van der Waals surface area contributed by atoms with Crippen LogP contribution in [0.5, 0.6) is 0 Å². The van der Waals surface area contributed by atoms with Crippen molar-refractivity contribution in [1.29, 1.82) is 0 Å². The second-order valence-electron chi connectivity index (χ2n) is 5.69. The highest BCUT2D eigenvalue weighted by molar-refractivity contribution is 5.92. The fraction of sp³-hybridized carbons (Fsp3) is 0.714. The summed E-state index contributed by atoms with van der Waals surface area (Å²) in [5, 5.41) is 14.0. The standard InChI is InChI=1S/C14H23N5O2/c1-21-13-9-16-8-12(13)17-14(20)11-4-6-19(18-11)10-3-2-5-15-7-10/h4,6,10,12-13,15-16H,2-3,5,7-9H2,1H3,(H,17,20)/t10?,12-,13-/m0/s1. The van der Waals surface area contributed by atoms with Gasteiger partial charge in [-0.3, -0.25) is 9.48 Å². The average Bonchev–Trinajstić information content (AvgIpc) is 3.17. The van der Waals surface area contributed by atoms with Gasteiger partial charge in [-0.1, -0.05) is 0 Å². The van der Waals surface area contributed by atoms with E-state index in [1.165, 1.54) is 0 Å². The lowest BCUT2D eigenvalue weighted by Crippen LogP contribution is -2.43. The molecule has 1 aromatic rings. The number of amides is 1. The molecule has 1 amide bonds. The fourth-order valence-corrected chi connectivity index (χ4v) is 3.01. The van der Waals surface area contributed by atoms with E-state index in [4.69, 9.17) is 4.74 Å². The highest BCUT2D eigenvalue weighted by atomic mass is 16.5. The zero-order valence-corrected chi connectivity index (χ0v) is 12.3. The first kappa shape index (κ1) is 14.5. The van der Waals surface area contributed by atoms with E-state index in [1.807, 2.05) is 10.9 Å². The van der Waals surface area contributed by atoms with Crippen molar-refractivity contribution in [3.63, 3.8) is 0 Å². The van der Waals surface area contributed by atoms with Crippen LogP contribution in [0.4, 0.5) is 0 Å². The number of hydrogen-bond donors (Lipinski definition) is 3. The van der Waals surface area contributed by atoms with Crippen molar-refractivity contribution in [2.24, 2.45) is 0 Å². The molecule has 3 heterocycles. The van der Waals surface area contributed by atoms with E-state index in [-0.39, 0.29) is 18.1 Å². The lowest BCUT2D eigenvalue weighted by Gasteiger charge is -2.23. The SMILES string of the molecule is CO[C@H]1CNC[C@@H]1NC(=O)c1ccn(C2CCCNC2)n1. The van der Waals surface area contributed by atoms with Gasteiger partial charge in [0.25, 0.3) is 5.91 Å². The monoisotopic (exact) mass is 293 g/mol. The Kier molecular flexibility index (Phi) is 4.52. The Labute approximate surface area is 124 Å². The first-order valence-electron chi connectivity index (χ1n) is 7.58. The van der Waals surface area contributed by atoms with Crippen LogP contribution < -0.4 is 16.0 Å². The molecule has 0 bridgehead atoms. The van der Waals surface area contributed by atoms with Gasteiger partial charge in [0.1, 0.15) is 5.69 Å². The van der Waals surface area contributed by atoms with Crippen molar-refractivity contribution in [1.82, 2.24) is 25.7 Å². The van der Waals surface area contributed by atoms with Gasteiger partial charge in [0.15, 0.2) is 0 Å². The van der Waals surface area contributed by atoms with Gasteiger partial charge in [-0.2, -0.15) is 5.10 Å². The Morgan fingerprint density at radius 3 is 3.10 bits per heavy atom. The second-order valence-corrected chi connectivity index (χ2v) is 5.69. The Balaban J connectivity index is 1.61. The number of nitrogens with zero attached hydrogens (tertiary/aromatic N) is 2. The molecule has 2 aliphatic rings. The lowest BCUT2D eigenvalue weighted by molar-refractivity contribution is 0.0775. The van der Waals surface area contributed by atoms with Crippen LogP contribution in [0.3, 0.4) is 0 Å². The quantitative estimate of drug-likeness (QED) is 0.699. The zero-order valence-electron chi connectivity index (χ0n) is 12.3. The number of hydrogen-bond acceptors (Lipinski definition) is 5. The van der Waals surface area contributed by atoms with Gasteiger partial charge in [0, 0.05) is 32.9 Å². The van der Waals surface area contributed by atoms with Crippen LogP contribution in [0.2, 0.25) is 0 Å². The van der Waals surface area contributed by atoms with Gasteiger partial charge in [0.2, 0.25) is 0 Å². The maximum atomic E-state index is 12.3. The third kappa shape index (κ3) is 3.25. The third-order valence-electron chi connectivity index (χ3n) is 4.26. The Hall–Kier alpha value is -1.44. The number of ether oxygens (including phenoxy) is 1. The van der Waals surface area contributed by atoms with Crippen LogP contribution in [0.15, 0.2) is 12.3 Å². The van der Waals surface area contributed by atoms with E-state index >= 15 is 0 Å². The molecule has 3 N–H and O–H groups in total. The number of methoxy groups -OCH3 is 1. The van der Waals surface area contributed by atoms with Crippen molar-refractivity contribution in [2.45, 2.75) is 31.0 Å². The molecule has 3 atom stereocenters. The van der Waals surface area contributed by atoms with Gasteiger partial charge in [-0.15, -0.1) is 0 Å². The number of aromatic nitrogens is 2. The number of piperidine rings is 1. The molecule has 2 aliphatic heterocycles. The molecule has 1 aromatic heterocycles. The summed E-state index contributed by atoms with van der Waals surface area (Å²) in [6, 6.07) is 2.14. The molecule has 7 heteroatoms. The molecular weight excluding hydrogens is 270 g/mol. The van der Waals surface area contributed by atoms with Crippen molar-refractivity contribution in [3.05, 3.63) is 18.0 Å². The minimum absolute atomic E-state index is 0.00370. The molecule has 0 radical (unpaired) electrons.